The van der Waals surface area contributed by atoms with E-state index in [-0.39, 0.29) is 11.5 Å². The minimum absolute atomic E-state index is 0.149. The van der Waals surface area contributed by atoms with Gasteiger partial charge in [-0.2, -0.15) is 5.10 Å². The van der Waals surface area contributed by atoms with Crippen molar-refractivity contribution in [2.24, 2.45) is 0 Å². The molecule has 0 bridgehead atoms. The molecule has 0 saturated carbocycles. The Morgan fingerprint density at radius 3 is 2.44 bits per heavy atom. The highest BCUT2D eigenvalue weighted by molar-refractivity contribution is 6.05. The van der Waals surface area contributed by atoms with Crippen molar-refractivity contribution in [2.75, 3.05) is 5.32 Å². The number of amides is 1. The standard InChI is InChI=1S/C20H22N4O3/c1-5-23-12(2)9-17(13(23)3)19(25)22-15-7-6-8-16(10-15)24-14(4)18(11-21-24)20(26)27/h6-11H,5H2,1-4H3,(H,22,25)(H,26,27). The van der Waals surface area contributed by atoms with Crippen LogP contribution in [0, 0.1) is 20.8 Å². The van der Waals surface area contributed by atoms with Gasteiger partial charge in [0.05, 0.1) is 23.1 Å². The number of hydrogen-bond acceptors (Lipinski definition) is 3. The maximum absolute atomic E-state index is 12.7. The second-order valence-corrected chi connectivity index (χ2v) is 6.39. The highest BCUT2D eigenvalue weighted by Crippen LogP contribution is 2.20. The predicted molar refractivity (Wildman–Crippen MR) is 103 cm³/mol. The van der Waals surface area contributed by atoms with Crippen molar-refractivity contribution in [3.63, 3.8) is 0 Å². The second kappa shape index (κ2) is 7.11. The first kappa shape index (κ1) is 18.4. The number of carbonyl (C=O) groups excluding carboxylic acids is 1. The molecule has 3 aromatic rings. The molecule has 7 nitrogen and oxygen atoms in total. The van der Waals surface area contributed by atoms with Crippen molar-refractivity contribution in [2.45, 2.75) is 34.2 Å². The van der Waals surface area contributed by atoms with E-state index in [2.05, 4.69) is 15.0 Å². The quantitative estimate of drug-likeness (QED) is 0.722. The zero-order valence-electron chi connectivity index (χ0n) is 15.8. The summed E-state index contributed by atoms with van der Waals surface area (Å²) < 4.78 is 3.63. The van der Waals surface area contributed by atoms with Gasteiger partial charge in [0.1, 0.15) is 5.56 Å². The molecule has 2 heterocycles. The van der Waals surface area contributed by atoms with Crippen molar-refractivity contribution in [3.05, 3.63) is 64.7 Å². The maximum Gasteiger partial charge on any atom is 0.339 e. The summed E-state index contributed by atoms with van der Waals surface area (Å²) in [6.07, 6.45) is 1.32. The van der Waals surface area contributed by atoms with Gasteiger partial charge in [0, 0.05) is 23.6 Å². The monoisotopic (exact) mass is 366 g/mol. The Balaban J connectivity index is 1.89. The van der Waals surface area contributed by atoms with Gasteiger partial charge in [-0.3, -0.25) is 4.79 Å². The maximum atomic E-state index is 12.7. The summed E-state index contributed by atoms with van der Waals surface area (Å²) in [5.41, 5.74) is 4.58. The number of aromatic carboxylic acids is 1. The van der Waals surface area contributed by atoms with E-state index in [1.54, 1.807) is 29.8 Å². The number of nitrogens with zero attached hydrogens (tertiary/aromatic N) is 3. The molecule has 1 amide bonds. The van der Waals surface area contributed by atoms with Crippen molar-refractivity contribution >= 4 is 17.6 Å². The van der Waals surface area contributed by atoms with Crippen LogP contribution < -0.4 is 5.32 Å². The lowest BCUT2D eigenvalue weighted by molar-refractivity contribution is 0.0696. The highest BCUT2D eigenvalue weighted by Gasteiger charge is 2.16. The van der Waals surface area contributed by atoms with Gasteiger partial charge in [0.15, 0.2) is 0 Å². The molecular weight excluding hydrogens is 344 g/mol. The van der Waals surface area contributed by atoms with Crippen molar-refractivity contribution < 1.29 is 14.7 Å². The number of nitrogens with one attached hydrogen (secondary N) is 1. The Hall–Kier alpha value is -3.35. The number of carbonyl (C=O) groups is 2. The topological polar surface area (TPSA) is 89.2 Å². The van der Waals surface area contributed by atoms with Gasteiger partial charge in [0.2, 0.25) is 0 Å². The van der Waals surface area contributed by atoms with Crippen LogP contribution in [0.2, 0.25) is 0 Å². The Bertz CT molecular complexity index is 1030. The Labute approximate surface area is 157 Å². The van der Waals surface area contributed by atoms with E-state index in [1.165, 1.54) is 6.20 Å². The molecule has 0 fully saturated rings. The fourth-order valence-corrected chi connectivity index (χ4v) is 3.31. The molecule has 0 saturated heterocycles. The van der Waals surface area contributed by atoms with Gasteiger partial charge >= 0.3 is 5.97 Å². The van der Waals surface area contributed by atoms with Crippen LogP contribution in [-0.2, 0) is 6.54 Å². The first-order chi connectivity index (χ1) is 12.8. The number of carboxylic acids is 1. The minimum Gasteiger partial charge on any atom is -0.478 e. The lowest BCUT2D eigenvalue weighted by Gasteiger charge is -2.10. The minimum atomic E-state index is -1.02. The summed E-state index contributed by atoms with van der Waals surface area (Å²) in [6, 6.07) is 9.04. The van der Waals surface area contributed by atoms with Gasteiger partial charge < -0.3 is 15.0 Å². The molecule has 140 valence electrons. The van der Waals surface area contributed by atoms with Crippen molar-refractivity contribution in [3.8, 4) is 5.69 Å². The van der Waals surface area contributed by atoms with E-state index < -0.39 is 5.97 Å². The zero-order chi connectivity index (χ0) is 19.7. The van der Waals surface area contributed by atoms with E-state index in [9.17, 15) is 14.7 Å². The summed E-state index contributed by atoms with van der Waals surface area (Å²) >= 11 is 0. The predicted octanol–water partition coefficient (Wildman–Crippen LogP) is 3.57. The van der Waals surface area contributed by atoms with Crippen LogP contribution in [0.5, 0.6) is 0 Å². The number of benzene rings is 1. The first-order valence-electron chi connectivity index (χ1n) is 8.70. The Morgan fingerprint density at radius 2 is 1.85 bits per heavy atom. The molecule has 0 aliphatic heterocycles. The second-order valence-electron chi connectivity index (χ2n) is 6.39. The largest absolute Gasteiger partial charge is 0.478 e. The molecule has 7 heteroatoms. The molecule has 0 radical (unpaired) electrons. The average molecular weight is 366 g/mol. The number of rotatable bonds is 5. The van der Waals surface area contributed by atoms with E-state index >= 15 is 0 Å². The third-order valence-electron chi connectivity index (χ3n) is 4.72. The lowest BCUT2D eigenvalue weighted by Crippen LogP contribution is -2.13. The molecular formula is C20H22N4O3. The third kappa shape index (κ3) is 3.36. The fraction of sp³-hybridized carbons (Fsp3) is 0.250. The van der Waals surface area contributed by atoms with E-state index in [0.29, 0.717) is 22.6 Å². The molecule has 0 atom stereocenters. The number of hydrogen-bond donors (Lipinski definition) is 2. The molecule has 0 aliphatic rings. The van der Waals surface area contributed by atoms with E-state index in [4.69, 9.17) is 0 Å². The molecule has 27 heavy (non-hydrogen) atoms. The van der Waals surface area contributed by atoms with Gasteiger partial charge in [-0.1, -0.05) is 6.07 Å². The van der Waals surface area contributed by atoms with Crippen molar-refractivity contribution in [1.29, 1.82) is 0 Å². The van der Waals surface area contributed by atoms with E-state index in [0.717, 1.165) is 17.9 Å². The van der Waals surface area contributed by atoms with Gasteiger partial charge in [-0.05, 0) is 52.0 Å². The molecule has 1 aromatic carbocycles. The summed E-state index contributed by atoms with van der Waals surface area (Å²) in [5.74, 6) is -1.20. The SMILES string of the molecule is CCn1c(C)cc(C(=O)Nc2cccc(-n3ncc(C(=O)O)c3C)c2)c1C. The third-order valence-corrected chi connectivity index (χ3v) is 4.72. The smallest absolute Gasteiger partial charge is 0.339 e. The van der Waals surface area contributed by atoms with Gasteiger partial charge in [0.25, 0.3) is 5.91 Å². The van der Waals surface area contributed by atoms with Crippen LogP contribution >= 0.6 is 0 Å². The van der Waals surface area contributed by atoms with Crippen LogP contribution in [0.25, 0.3) is 5.69 Å². The molecule has 0 aliphatic carbocycles. The molecule has 0 spiro atoms. The number of aromatic nitrogens is 3. The van der Waals surface area contributed by atoms with E-state index in [1.807, 2.05) is 32.9 Å². The van der Waals surface area contributed by atoms with Gasteiger partial charge in [-0.15, -0.1) is 0 Å². The van der Waals surface area contributed by atoms with Crippen LogP contribution in [0.15, 0.2) is 36.5 Å². The fourth-order valence-electron chi connectivity index (χ4n) is 3.31. The highest BCUT2D eigenvalue weighted by atomic mass is 16.4. The molecule has 0 unspecified atom stereocenters. The van der Waals surface area contributed by atoms with Gasteiger partial charge in [-0.25, -0.2) is 9.48 Å². The Kier molecular flexibility index (Phi) is 4.85. The molecule has 2 aromatic heterocycles. The van der Waals surface area contributed by atoms with Crippen LogP contribution in [0.3, 0.4) is 0 Å². The Morgan fingerprint density at radius 1 is 1.11 bits per heavy atom. The summed E-state index contributed by atoms with van der Waals surface area (Å²) in [6.45, 7) is 8.46. The number of anilines is 1. The first-order valence-corrected chi connectivity index (χ1v) is 8.70. The molecule has 2 N–H and O–H groups in total. The van der Waals surface area contributed by atoms with Crippen LogP contribution in [0.4, 0.5) is 5.69 Å². The summed E-state index contributed by atoms with van der Waals surface area (Å²) in [4.78, 5) is 23.9. The summed E-state index contributed by atoms with van der Waals surface area (Å²) in [7, 11) is 0. The normalized spacial score (nSPS) is 10.8. The number of carboxylic acid groups (broad SMARTS) is 1. The van der Waals surface area contributed by atoms with Crippen LogP contribution in [0.1, 0.15) is 44.7 Å². The van der Waals surface area contributed by atoms with Crippen LogP contribution in [-0.4, -0.2) is 31.3 Å². The zero-order valence-corrected chi connectivity index (χ0v) is 15.8. The molecule has 3 rings (SSSR count). The lowest BCUT2D eigenvalue weighted by atomic mass is 10.2. The average Bonchev–Trinajstić information content (AvgIpc) is 3.14. The van der Waals surface area contributed by atoms with Crippen molar-refractivity contribution in [1.82, 2.24) is 14.3 Å². The number of aryl methyl sites for hydroxylation is 1. The summed E-state index contributed by atoms with van der Waals surface area (Å²) in [5, 5.41) is 16.2.